The van der Waals surface area contributed by atoms with Gasteiger partial charge in [-0.15, -0.1) is 6.42 Å². The monoisotopic (exact) mass is 493 g/mol. The van der Waals surface area contributed by atoms with Crippen molar-refractivity contribution in [2.45, 2.75) is 37.0 Å². The Bertz CT molecular complexity index is 1190. The Labute approximate surface area is 208 Å². The van der Waals surface area contributed by atoms with Crippen LogP contribution in [0.25, 0.3) is 0 Å². The second-order valence-corrected chi connectivity index (χ2v) is 9.23. The van der Waals surface area contributed by atoms with E-state index in [1.165, 1.54) is 30.5 Å². The number of likely N-dealkylation sites (tertiary alicyclic amines) is 1. The molecule has 0 amide bonds. The first-order valence-corrected chi connectivity index (χ1v) is 11.6. The molecule has 2 heterocycles. The molecule has 186 valence electrons. The number of piperidine rings is 1. The van der Waals surface area contributed by atoms with Gasteiger partial charge in [-0.25, -0.2) is 0 Å². The highest BCUT2D eigenvalue weighted by molar-refractivity contribution is 5.67. The minimum absolute atomic E-state index is 0.0173. The Balaban J connectivity index is 1.54. The summed E-state index contributed by atoms with van der Waals surface area (Å²) in [6.45, 7) is 1.80. The Morgan fingerprint density at radius 1 is 1.11 bits per heavy atom. The number of carboxylic acids is 1. The number of nitrogens with zero attached hydrogens (tertiary/aromatic N) is 3. The average Bonchev–Trinajstić information content (AvgIpc) is 3.11. The van der Waals surface area contributed by atoms with Gasteiger partial charge in [0.25, 0.3) is 0 Å². The van der Waals surface area contributed by atoms with Crippen molar-refractivity contribution in [2.24, 2.45) is 16.1 Å². The van der Waals surface area contributed by atoms with Crippen LogP contribution < -0.4 is 0 Å². The lowest BCUT2D eigenvalue weighted by molar-refractivity contribution is -0.175. The number of carbonyl (C=O) groups is 1. The fraction of sp³-hybridized carbons (Fsp3) is 0.321. The van der Waals surface area contributed by atoms with E-state index in [9.17, 15) is 23.1 Å². The van der Waals surface area contributed by atoms with Gasteiger partial charge in [0.05, 0.1) is 0 Å². The fourth-order valence-electron chi connectivity index (χ4n) is 4.95. The van der Waals surface area contributed by atoms with Crippen molar-refractivity contribution in [1.29, 1.82) is 0 Å². The lowest BCUT2D eigenvalue weighted by atomic mass is 9.82. The molecule has 1 saturated heterocycles. The number of hydrogen-bond acceptors (Lipinski definition) is 4. The van der Waals surface area contributed by atoms with Crippen molar-refractivity contribution < 1.29 is 23.1 Å². The van der Waals surface area contributed by atoms with Gasteiger partial charge in [-0.05, 0) is 59.2 Å². The third kappa shape index (κ3) is 5.58. The van der Waals surface area contributed by atoms with Gasteiger partial charge in [0.15, 0.2) is 0 Å². The van der Waals surface area contributed by atoms with Crippen molar-refractivity contribution in [2.75, 3.05) is 13.1 Å². The Morgan fingerprint density at radius 2 is 1.83 bits per heavy atom. The topological polar surface area (TPSA) is 65.3 Å². The molecule has 1 fully saturated rings. The summed E-state index contributed by atoms with van der Waals surface area (Å²) < 4.78 is 42.1. The van der Waals surface area contributed by atoms with Gasteiger partial charge in [-0.1, -0.05) is 48.4 Å². The minimum atomic E-state index is -4.65. The number of halogens is 3. The first-order valence-electron chi connectivity index (χ1n) is 11.6. The molecule has 1 N–H and O–H groups in total. The predicted molar refractivity (Wildman–Crippen MR) is 130 cm³/mol. The van der Waals surface area contributed by atoms with Gasteiger partial charge in [0.1, 0.15) is 0 Å². The van der Waals surface area contributed by atoms with Gasteiger partial charge in [-0.2, -0.15) is 23.4 Å². The molecule has 3 atom stereocenters. The first-order chi connectivity index (χ1) is 17.2. The Morgan fingerprint density at radius 3 is 2.47 bits per heavy atom. The Hall–Kier alpha value is -3.70. The van der Waals surface area contributed by atoms with E-state index in [0.717, 1.165) is 29.2 Å². The number of allylic oxidation sites excluding steroid dienone is 2. The van der Waals surface area contributed by atoms with Crippen molar-refractivity contribution in [3.63, 3.8) is 0 Å². The van der Waals surface area contributed by atoms with Crippen LogP contribution in [0.1, 0.15) is 41.0 Å². The first kappa shape index (κ1) is 25.4. The molecule has 0 aromatic heterocycles. The molecular weight excluding hydrogens is 467 g/mol. The van der Waals surface area contributed by atoms with E-state index in [1.54, 1.807) is 12.1 Å². The number of carboxylic acid groups (broad SMARTS) is 1. The van der Waals surface area contributed by atoms with Crippen molar-refractivity contribution in [3.8, 4) is 12.3 Å². The van der Waals surface area contributed by atoms with Crippen LogP contribution in [0.3, 0.4) is 0 Å². The highest BCUT2D eigenvalue weighted by atomic mass is 19.4. The maximum Gasteiger partial charge on any atom is 0.423 e. The van der Waals surface area contributed by atoms with Gasteiger partial charge in [0, 0.05) is 37.8 Å². The SMILES string of the molecule is C#Cc1ccc(C2CC(CC(=O)O)CN(Cc3ccc(C4(C(F)(F)F)C=CC=CN=N4)cc3)C2)cc1. The second-order valence-electron chi connectivity index (χ2n) is 9.23. The van der Waals surface area contributed by atoms with Crippen LogP contribution in [0.2, 0.25) is 0 Å². The molecule has 4 rings (SSSR count). The molecule has 0 bridgehead atoms. The zero-order valence-electron chi connectivity index (χ0n) is 19.5. The molecule has 2 aliphatic rings. The molecule has 3 unspecified atom stereocenters. The van der Waals surface area contributed by atoms with Crippen LogP contribution in [0, 0.1) is 18.3 Å². The molecule has 0 spiro atoms. The van der Waals surface area contributed by atoms with Crippen LogP contribution in [0.15, 0.2) is 83.2 Å². The average molecular weight is 494 g/mol. The van der Waals surface area contributed by atoms with Crippen molar-refractivity contribution >= 4 is 5.97 Å². The minimum Gasteiger partial charge on any atom is -0.481 e. The van der Waals surface area contributed by atoms with Gasteiger partial charge < -0.3 is 5.11 Å². The highest BCUT2D eigenvalue weighted by Gasteiger charge is 2.55. The Kier molecular flexibility index (Phi) is 7.41. The summed E-state index contributed by atoms with van der Waals surface area (Å²) in [5.74, 6) is 1.85. The van der Waals surface area contributed by atoms with Crippen LogP contribution in [-0.4, -0.2) is 35.2 Å². The molecule has 0 saturated carbocycles. The predicted octanol–water partition coefficient (Wildman–Crippen LogP) is 6.04. The highest BCUT2D eigenvalue weighted by Crippen LogP contribution is 2.44. The zero-order chi connectivity index (χ0) is 25.8. The maximum absolute atomic E-state index is 14.0. The molecular formula is C28H26F3N3O2. The van der Waals surface area contributed by atoms with Crippen LogP contribution >= 0.6 is 0 Å². The van der Waals surface area contributed by atoms with Crippen molar-refractivity contribution in [1.82, 2.24) is 4.90 Å². The summed E-state index contributed by atoms with van der Waals surface area (Å²) in [6.07, 6.45) is 6.55. The molecule has 36 heavy (non-hydrogen) atoms. The third-order valence-electron chi connectivity index (χ3n) is 6.67. The molecule has 0 radical (unpaired) electrons. The maximum atomic E-state index is 14.0. The summed E-state index contributed by atoms with van der Waals surface area (Å²) in [4.78, 5) is 13.6. The van der Waals surface area contributed by atoms with E-state index in [4.69, 9.17) is 6.42 Å². The van der Waals surface area contributed by atoms with Gasteiger partial charge in [0.2, 0.25) is 5.54 Å². The van der Waals surface area contributed by atoms with E-state index >= 15 is 0 Å². The molecule has 2 aromatic rings. The van der Waals surface area contributed by atoms with Crippen LogP contribution in [0.5, 0.6) is 0 Å². The van der Waals surface area contributed by atoms with E-state index in [0.29, 0.717) is 19.6 Å². The van der Waals surface area contributed by atoms with E-state index in [1.807, 2.05) is 24.3 Å². The number of azo groups is 1. The number of rotatable bonds is 6. The summed E-state index contributed by atoms with van der Waals surface area (Å²) >= 11 is 0. The second kappa shape index (κ2) is 10.5. The molecule has 2 aromatic carbocycles. The quantitative estimate of drug-likeness (QED) is 0.499. The zero-order valence-corrected chi connectivity index (χ0v) is 19.5. The molecule has 5 nitrogen and oxygen atoms in total. The number of terminal acetylenes is 1. The summed E-state index contributed by atoms with van der Waals surface area (Å²) in [6, 6.07) is 13.9. The largest absolute Gasteiger partial charge is 0.481 e. The smallest absolute Gasteiger partial charge is 0.423 e. The van der Waals surface area contributed by atoms with Gasteiger partial charge >= 0.3 is 12.1 Å². The fourth-order valence-corrected chi connectivity index (χ4v) is 4.95. The normalized spacial score (nSPS) is 24.3. The lowest BCUT2D eigenvalue weighted by Crippen LogP contribution is -2.40. The summed E-state index contributed by atoms with van der Waals surface area (Å²) in [5.41, 5.74) is 0.153. The molecule has 8 heteroatoms. The van der Waals surface area contributed by atoms with Crippen LogP contribution in [0.4, 0.5) is 13.2 Å². The van der Waals surface area contributed by atoms with E-state index in [2.05, 4.69) is 21.0 Å². The lowest BCUT2D eigenvalue weighted by Gasteiger charge is -2.38. The number of alkyl halides is 3. The number of hydrogen-bond donors (Lipinski definition) is 1. The standard InChI is InChI=1S/C28H26F3N3O2/c1-2-20-5-9-23(10-6-20)24-15-22(16-26(35)36)18-34(19-24)17-21-7-11-25(12-8-21)27(28(29,30)31)13-3-4-14-32-33-27/h1,3-14,22,24H,15-19H2,(H,35,36). The van der Waals surface area contributed by atoms with Gasteiger partial charge in [-0.3, -0.25) is 9.69 Å². The molecule has 0 aliphatic carbocycles. The summed E-state index contributed by atoms with van der Waals surface area (Å²) in [7, 11) is 0. The number of benzene rings is 2. The third-order valence-corrected chi connectivity index (χ3v) is 6.67. The van der Waals surface area contributed by atoms with E-state index < -0.39 is 17.7 Å². The summed E-state index contributed by atoms with van der Waals surface area (Å²) in [5, 5.41) is 16.5. The van der Waals surface area contributed by atoms with Crippen molar-refractivity contribution in [3.05, 3.63) is 95.2 Å². The number of aliphatic carboxylic acids is 1. The van der Waals surface area contributed by atoms with Crippen LogP contribution in [-0.2, 0) is 16.9 Å². The molecule has 2 aliphatic heterocycles. The van der Waals surface area contributed by atoms with E-state index in [-0.39, 0.29) is 23.8 Å².